The van der Waals surface area contributed by atoms with Crippen LogP contribution in [0.2, 0.25) is 0 Å². The van der Waals surface area contributed by atoms with Gasteiger partial charge >= 0.3 is 0 Å². The maximum Gasteiger partial charge on any atom is 0.119 e. The quantitative estimate of drug-likeness (QED) is 0.399. The lowest BCUT2D eigenvalue weighted by Gasteiger charge is -1.86. The van der Waals surface area contributed by atoms with Crippen LogP contribution in [0.1, 0.15) is 27.2 Å². The normalized spacial score (nSPS) is 13.0. The van der Waals surface area contributed by atoms with Crippen LogP contribution in [-0.2, 0) is 0 Å². The molecule has 9 heavy (non-hydrogen) atoms. The van der Waals surface area contributed by atoms with Crippen molar-refractivity contribution in [3.8, 4) is 0 Å². The van der Waals surface area contributed by atoms with Crippen molar-refractivity contribution in [1.82, 2.24) is 0 Å². The molecule has 0 aliphatic heterocycles. The first kappa shape index (κ1) is 8.34. The van der Waals surface area contributed by atoms with Crippen molar-refractivity contribution in [1.29, 1.82) is 0 Å². The van der Waals surface area contributed by atoms with E-state index in [0.717, 1.165) is 18.8 Å². The van der Waals surface area contributed by atoms with Gasteiger partial charge in [-0.05, 0) is 20.3 Å². The second kappa shape index (κ2) is 5.48. The molecular formula is C7H14N2. The van der Waals surface area contributed by atoms with Crippen LogP contribution in [0.3, 0.4) is 0 Å². The summed E-state index contributed by atoms with van der Waals surface area (Å²) in [7, 11) is 0. The van der Waals surface area contributed by atoms with Gasteiger partial charge in [0.15, 0.2) is 0 Å². The van der Waals surface area contributed by atoms with Crippen molar-refractivity contribution < 1.29 is 0 Å². The fourth-order valence-electron chi connectivity index (χ4n) is 0.493. The first-order chi connectivity index (χ1) is 4.31. The predicted molar refractivity (Wildman–Crippen MR) is 42.4 cm³/mol. The average molecular weight is 126 g/mol. The third-order valence-corrected chi connectivity index (χ3v) is 0.848. The molecule has 0 unspecified atom stereocenters. The summed E-state index contributed by atoms with van der Waals surface area (Å²) in [4.78, 5) is 8.14. The Kier molecular flexibility index (Phi) is 5.07. The van der Waals surface area contributed by atoms with Crippen molar-refractivity contribution in [2.24, 2.45) is 9.98 Å². The van der Waals surface area contributed by atoms with E-state index in [1.807, 2.05) is 20.1 Å². The Hall–Kier alpha value is -0.660. The molecule has 0 heterocycles. The smallest absolute Gasteiger partial charge is 0.119 e. The molecule has 2 heteroatoms. The number of nitrogens with zero attached hydrogens (tertiary/aromatic N) is 2. The minimum atomic E-state index is 0.826. The van der Waals surface area contributed by atoms with Gasteiger partial charge in [0.05, 0.1) is 0 Å². The Morgan fingerprint density at radius 3 is 2.56 bits per heavy atom. The summed E-state index contributed by atoms with van der Waals surface area (Å²) in [6, 6.07) is 0. The zero-order valence-electron chi connectivity index (χ0n) is 6.39. The van der Waals surface area contributed by atoms with E-state index in [9.17, 15) is 0 Å². The van der Waals surface area contributed by atoms with E-state index in [0.29, 0.717) is 0 Å². The second-order valence-electron chi connectivity index (χ2n) is 1.74. The first-order valence-electron chi connectivity index (χ1n) is 3.34. The summed E-state index contributed by atoms with van der Waals surface area (Å²) in [6.45, 7) is 6.80. The zero-order valence-corrected chi connectivity index (χ0v) is 6.39. The number of rotatable bonds is 2. The number of aliphatic imine (C=N–C) groups is 2. The molecule has 52 valence electrons. The van der Waals surface area contributed by atoms with E-state index in [-0.39, 0.29) is 0 Å². The standard InChI is InChI=1S/C7H14N2/c1-4-6-9-7(3)8-5-2/h6H,4-5H2,1-3H3. The Bertz CT molecular complexity index is 114. The van der Waals surface area contributed by atoms with Crippen LogP contribution in [0.4, 0.5) is 0 Å². The molecule has 0 aromatic rings. The summed E-state index contributed by atoms with van der Waals surface area (Å²) in [6.07, 6.45) is 2.85. The van der Waals surface area contributed by atoms with E-state index in [1.54, 1.807) is 0 Å². The molecule has 2 nitrogen and oxygen atoms in total. The van der Waals surface area contributed by atoms with Gasteiger partial charge in [-0.15, -0.1) is 0 Å². The van der Waals surface area contributed by atoms with Crippen molar-refractivity contribution in [2.75, 3.05) is 6.54 Å². The second-order valence-corrected chi connectivity index (χ2v) is 1.74. The van der Waals surface area contributed by atoms with Crippen molar-refractivity contribution in [3.05, 3.63) is 0 Å². The maximum atomic E-state index is 4.08. The third-order valence-electron chi connectivity index (χ3n) is 0.848. The van der Waals surface area contributed by atoms with Gasteiger partial charge < -0.3 is 0 Å². The molecule has 0 saturated heterocycles. The first-order valence-corrected chi connectivity index (χ1v) is 3.34. The van der Waals surface area contributed by atoms with Gasteiger partial charge in [0.1, 0.15) is 5.84 Å². The van der Waals surface area contributed by atoms with Crippen molar-refractivity contribution in [3.63, 3.8) is 0 Å². The summed E-state index contributed by atoms with van der Waals surface area (Å²) in [5.74, 6) is 0.874. The highest BCUT2D eigenvalue weighted by Gasteiger charge is 1.77. The Morgan fingerprint density at radius 1 is 1.44 bits per heavy atom. The highest BCUT2D eigenvalue weighted by molar-refractivity contribution is 5.87. The molecule has 0 aliphatic carbocycles. The monoisotopic (exact) mass is 126 g/mol. The molecule has 0 aromatic carbocycles. The molecule has 0 aromatic heterocycles. The van der Waals surface area contributed by atoms with Gasteiger partial charge in [0.25, 0.3) is 0 Å². The zero-order chi connectivity index (χ0) is 7.11. The number of hydrogen-bond acceptors (Lipinski definition) is 1. The van der Waals surface area contributed by atoms with Gasteiger partial charge in [-0.3, -0.25) is 4.99 Å². The summed E-state index contributed by atoms with van der Waals surface area (Å²) < 4.78 is 0. The summed E-state index contributed by atoms with van der Waals surface area (Å²) in [5, 5.41) is 0. The SMILES string of the molecule is CCC=NC(C)=NCC. The van der Waals surface area contributed by atoms with E-state index >= 15 is 0 Å². The maximum absolute atomic E-state index is 4.08. The molecule has 0 N–H and O–H groups in total. The van der Waals surface area contributed by atoms with E-state index in [2.05, 4.69) is 16.9 Å². The van der Waals surface area contributed by atoms with Gasteiger partial charge in [-0.25, -0.2) is 4.99 Å². The average Bonchev–Trinajstić information content (AvgIpc) is 1.85. The largest absolute Gasteiger partial charge is 0.271 e. The highest BCUT2D eigenvalue weighted by atomic mass is 14.9. The Labute approximate surface area is 56.7 Å². The van der Waals surface area contributed by atoms with Crippen LogP contribution in [0.5, 0.6) is 0 Å². The topological polar surface area (TPSA) is 24.7 Å². The lowest BCUT2D eigenvalue weighted by Crippen LogP contribution is -1.86. The predicted octanol–water partition coefficient (Wildman–Crippen LogP) is 1.91. The van der Waals surface area contributed by atoms with Crippen LogP contribution in [0.25, 0.3) is 0 Å². The van der Waals surface area contributed by atoms with Gasteiger partial charge in [-0.1, -0.05) is 6.92 Å². The lowest BCUT2D eigenvalue weighted by atomic mass is 10.5. The fraction of sp³-hybridized carbons (Fsp3) is 0.714. The van der Waals surface area contributed by atoms with E-state index in [1.165, 1.54) is 0 Å². The van der Waals surface area contributed by atoms with Gasteiger partial charge in [0.2, 0.25) is 0 Å². The summed E-state index contributed by atoms with van der Waals surface area (Å²) >= 11 is 0. The van der Waals surface area contributed by atoms with Gasteiger partial charge in [-0.2, -0.15) is 0 Å². The van der Waals surface area contributed by atoms with Gasteiger partial charge in [0, 0.05) is 12.8 Å². The minimum absolute atomic E-state index is 0.826. The lowest BCUT2D eigenvalue weighted by molar-refractivity contribution is 1.12. The van der Waals surface area contributed by atoms with Crippen LogP contribution in [-0.4, -0.2) is 18.6 Å². The molecule has 0 aliphatic rings. The molecule has 0 saturated carbocycles. The minimum Gasteiger partial charge on any atom is -0.271 e. The Morgan fingerprint density at radius 2 is 2.11 bits per heavy atom. The molecule has 0 atom stereocenters. The molecule has 0 rings (SSSR count). The molecule has 0 fully saturated rings. The fourth-order valence-corrected chi connectivity index (χ4v) is 0.493. The van der Waals surface area contributed by atoms with Crippen LogP contribution in [0, 0.1) is 0 Å². The van der Waals surface area contributed by atoms with Crippen LogP contribution < -0.4 is 0 Å². The molecule has 0 spiro atoms. The highest BCUT2D eigenvalue weighted by Crippen LogP contribution is 1.79. The van der Waals surface area contributed by atoms with Crippen molar-refractivity contribution in [2.45, 2.75) is 27.2 Å². The molecule has 0 bridgehead atoms. The van der Waals surface area contributed by atoms with Crippen molar-refractivity contribution >= 4 is 12.1 Å². The summed E-state index contributed by atoms with van der Waals surface area (Å²) in [5.41, 5.74) is 0. The third kappa shape index (κ3) is 5.21. The van der Waals surface area contributed by atoms with Crippen LogP contribution in [0.15, 0.2) is 9.98 Å². The van der Waals surface area contributed by atoms with E-state index < -0.39 is 0 Å². The number of amidine groups is 1. The number of hydrogen-bond donors (Lipinski definition) is 0. The van der Waals surface area contributed by atoms with E-state index in [4.69, 9.17) is 0 Å². The molecular weight excluding hydrogens is 112 g/mol. The molecule has 0 radical (unpaired) electrons. The van der Waals surface area contributed by atoms with Crippen LogP contribution >= 0.6 is 0 Å². The molecule has 0 amide bonds. The Balaban J connectivity index is 3.60.